The summed E-state index contributed by atoms with van der Waals surface area (Å²) < 4.78 is 0. The number of benzene rings is 1. The predicted molar refractivity (Wildman–Crippen MR) is 68.5 cm³/mol. The molecule has 3 aliphatic rings. The van der Waals surface area contributed by atoms with Gasteiger partial charge >= 0.3 is 0 Å². The summed E-state index contributed by atoms with van der Waals surface area (Å²) in [5, 5.41) is 0. The second kappa shape index (κ2) is 4.61. The molecule has 1 aromatic rings. The van der Waals surface area contributed by atoms with Gasteiger partial charge in [0.1, 0.15) is 0 Å². The first-order valence-corrected chi connectivity index (χ1v) is 6.98. The smallest absolute Gasteiger partial charge is 0.0276 e. The molecule has 0 N–H and O–H groups in total. The normalized spacial score (nSPS) is 29.8. The molecule has 0 amide bonds. The lowest BCUT2D eigenvalue weighted by Gasteiger charge is -2.28. The van der Waals surface area contributed by atoms with E-state index >= 15 is 0 Å². The van der Waals surface area contributed by atoms with E-state index in [1.54, 1.807) is 11.1 Å². The molecular formula is C16H22. The van der Waals surface area contributed by atoms with Crippen molar-refractivity contribution in [1.82, 2.24) is 0 Å². The van der Waals surface area contributed by atoms with Gasteiger partial charge in [-0.2, -0.15) is 0 Å². The zero-order chi connectivity index (χ0) is 10.8. The Morgan fingerprint density at radius 2 is 1.19 bits per heavy atom. The van der Waals surface area contributed by atoms with Gasteiger partial charge in [-0.15, -0.1) is 0 Å². The van der Waals surface area contributed by atoms with Gasteiger partial charge in [-0.3, -0.25) is 0 Å². The zero-order valence-electron chi connectivity index (χ0n) is 10.1. The van der Waals surface area contributed by atoms with Gasteiger partial charge in [-0.25, -0.2) is 0 Å². The zero-order valence-corrected chi connectivity index (χ0v) is 10.1. The van der Waals surface area contributed by atoms with Crippen LogP contribution >= 0.6 is 0 Å². The van der Waals surface area contributed by atoms with Crippen molar-refractivity contribution in [1.29, 1.82) is 0 Å². The Labute approximate surface area is 99.1 Å². The lowest BCUT2D eigenvalue weighted by Crippen LogP contribution is -2.16. The Kier molecular flexibility index (Phi) is 2.99. The molecular weight excluding hydrogens is 192 g/mol. The van der Waals surface area contributed by atoms with E-state index in [4.69, 9.17) is 0 Å². The molecule has 2 atom stereocenters. The molecule has 86 valence electrons. The summed E-state index contributed by atoms with van der Waals surface area (Å²) in [6.07, 6.45) is 11.4. The molecule has 4 bridgehead atoms. The molecule has 0 spiro atoms. The lowest BCUT2D eigenvalue weighted by molar-refractivity contribution is 0.245. The summed E-state index contributed by atoms with van der Waals surface area (Å²) in [4.78, 5) is 0. The highest BCUT2D eigenvalue weighted by Gasteiger charge is 2.22. The van der Waals surface area contributed by atoms with Gasteiger partial charge in [0.25, 0.3) is 0 Å². The van der Waals surface area contributed by atoms with Gasteiger partial charge in [0.15, 0.2) is 0 Å². The molecule has 0 heteroatoms. The van der Waals surface area contributed by atoms with Gasteiger partial charge in [0.05, 0.1) is 0 Å². The maximum atomic E-state index is 2.35. The fourth-order valence-electron chi connectivity index (χ4n) is 3.54. The summed E-state index contributed by atoms with van der Waals surface area (Å²) in [6, 6.07) is 9.41. The Morgan fingerprint density at radius 1 is 0.688 bits per heavy atom. The minimum atomic E-state index is 1.02. The summed E-state index contributed by atoms with van der Waals surface area (Å²) in [7, 11) is 0. The molecule has 0 radical (unpaired) electrons. The first-order chi connectivity index (χ1) is 7.90. The summed E-state index contributed by atoms with van der Waals surface area (Å²) >= 11 is 0. The van der Waals surface area contributed by atoms with E-state index in [2.05, 4.69) is 24.3 Å². The molecule has 1 aromatic carbocycles. The Balaban J connectivity index is 1.80. The molecule has 1 saturated carbocycles. The van der Waals surface area contributed by atoms with Crippen molar-refractivity contribution >= 4 is 0 Å². The Bertz CT molecular complexity index is 303. The Hall–Kier alpha value is -0.780. The first kappa shape index (κ1) is 10.4. The van der Waals surface area contributed by atoms with Gasteiger partial charge in [0.2, 0.25) is 0 Å². The quantitative estimate of drug-likeness (QED) is 0.601. The molecule has 0 saturated heterocycles. The molecule has 3 aliphatic carbocycles. The average Bonchev–Trinajstić information content (AvgIpc) is 2.39. The van der Waals surface area contributed by atoms with E-state index in [1.165, 1.54) is 51.4 Å². The van der Waals surface area contributed by atoms with E-state index in [-0.39, 0.29) is 0 Å². The van der Waals surface area contributed by atoms with Crippen LogP contribution in [0.4, 0.5) is 0 Å². The second-order valence-corrected chi connectivity index (χ2v) is 5.79. The monoisotopic (exact) mass is 214 g/mol. The van der Waals surface area contributed by atoms with Crippen molar-refractivity contribution in [2.75, 3.05) is 0 Å². The fraction of sp³-hybridized carbons (Fsp3) is 0.625. The summed E-state index contributed by atoms with van der Waals surface area (Å²) in [6.45, 7) is 0. The third kappa shape index (κ3) is 2.31. The van der Waals surface area contributed by atoms with Crippen molar-refractivity contribution in [3.8, 4) is 0 Å². The van der Waals surface area contributed by atoms with Gasteiger partial charge in [0, 0.05) is 0 Å². The van der Waals surface area contributed by atoms with Crippen LogP contribution in [-0.4, -0.2) is 0 Å². The van der Waals surface area contributed by atoms with Gasteiger partial charge in [-0.05, 0) is 55.1 Å². The highest BCUT2D eigenvalue weighted by atomic mass is 14.3. The van der Waals surface area contributed by atoms with Gasteiger partial charge < -0.3 is 0 Å². The molecule has 0 aromatic heterocycles. The van der Waals surface area contributed by atoms with Crippen LogP contribution in [0, 0.1) is 11.8 Å². The first-order valence-electron chi connectivity index (χ1n) is 6.98. The third-order valence-electron chi connectivity index (χ3n) is 4.60. The van der Waals surface area contributed by atoms with E-state index in [9.17, 15) is 0 Å². The number of hydrogen-bond donors (Lipinski definition) is 0. The van der Waals surface area contributed by atoms with Crippen LogP contribution in [0.2, 0.25) is 0 Å². The number of hydrogen-bond acceptors (Lipinski definition) is 0. The number of fused-ring (bicyclic) bond motifs is 4. The van der Waals surface area contributed by atoms with Crippen LogP contribution < -0.4 is 0 Å². The largest absolute Gasteiger partial charge is 0.0588 e. The number of aryl methyl sites for hydroxylation is 2. The van der Waals surface area contributed by atoms with Crippen LogP contribution in [0.15, 0.2) is 24.3 Å². The summed E-state index contributed by atoms with van der Waals surface area (Å²) in [5.41, 5.74) is 3.10. The molecule has 0 nitrogen and oxygen atoms in total. The van der Waals surface area contributed by atoms with E-state index in [1.807, 2.05) is 0 Å². The summed E-state index contributed by atoms with van der Waals surface area (Å²) in [5.74, 6) is 2.05. The van der Waals surface area contributed by atoms with Crippen molar-refractivity contribution in [2.45, 2.75) is 51.4 Å². The number of rotatable bonds is 0. The third-order valence-corrected chi connectivity index (χ3v) is 4.60. The molecule has 0 heterocycles. The SMILES string of the molecule is c1cc2ccc1CC[C@@H]1CCC[C@@H](CC2)C1. The maximum absolute atomic E-state index is 2.35. The van der Waals surface area contributed by atoms with Crippen LogP contribution in [0.25, 0.3) is 0 Å². The highest BCUT2D eigenvalue weighted by molar-refractivity contribution is 5.23. The minimum absolute atomic E-state index is 1.02. The van der Waals surface area contributed by atoms with Crippen molar-refractivity contribution in [2.24, 2.45) is 11.8 Å². The lowest BCUT2D eigenvalue weighted by atomic mass is 9.77. The van der Waals surface area contributed by atoms with Crippen LogP contribution in [-0.2, 0) is 12.8 Å². The van der Waals surface area contributed by atoms with Crippen molar-refractivity contribution in [3.05, 3.63) is 35.4 Å². The van der Waals surface area contributed by atoms with E-state index < -0.39 is 0 Å². The molecule has 16 heavy (non-hydrogen) atoms. The average molecular weight is 214 g/mol. The van der Waals surface area contributed by atoms with Gasteiger partial charge in [-0.1, -0.05) is 43.5 Å². The highest BCUT2D eigenvalue weighted by Crippen LogP contribution is 2.35. The molecule has 1 fully saturated rings. The van der Waals surface area contributed by atoms with Crippen LogP contribution in [0.3, 0.4) is 0 Å². The van der Waals surface area contributed by atoms with Crippen molar-refractivity contribution in [3.63, 3.8) is 0 Å². The van der Waals surface area contributed by atoms with Crippen LogP contribution in [0.5, 0.6) is 0 Å². The van der Waals surface area contributed by atoms with E-state index in [0.29, 0.717) is 0 Å². The molecule has 0 unspecified atom stereocenters. The minimum Gasteiger partial charge on any atom is -0.0588 e. The van der Waals surface area contributed by atoms with E-state index in [0.717, 1.165) is 11.8 Å². The molecule has 4 rings (SSSR count). The Morgan fingerprint density at radius 3 is 1.69 bits per heavy atom. The predicted octanol–water partition coefficient (Wildman–Crippen LogP) is 4.37. The topological polar surface area (TPSA) is 0 Å². The standard InChI is InChI=1S/C16H22/c1-2-15-10-8-13-4-6-14(7-5-13)9-11-16(3-1)12-15/h4-7,15-16H,1-3,8-12H2/t15-,16-/m0/s1. The second-order valence-electron chi connectivity index (χ2n) is 5.79. The fourth-order valence-corrected chi connectivity index (χ4v) is 3.54. The van der Waals surface area contributed by atoms with Crippen LogP contribution in [0.1, 0.15) is 49.7 Å². The van der Waals surface area contributed by atoms with Crippen molar-refractivity contribution < 1.29 is 0 Å². The maximum Gasteiger partial charge on any atom is -0.0276 e. The molecule has 0 aliphatic heterocycles.